The lowest BCUT2D eigenvalue weighted by molar-refractivity contribution is -0.163. The molecule has 0 aromatic heterocycles. The van der Waals surface area contributed by atoms with Crippen molar-refractivity contribution in [3.05, 3.63) is 0 Å². The van der Waals surface area contributed by atoms with Crippen LogP contribution in [0.15, 0.2) is 0 Å². The molecule has 0 spiro atoms. The molecule has 0 amide bonds. The van der Waals surface area contributed by atoms with Gasteiger partial charge in [-0.3, -0.25) is 9.59 Å². The van der Waals surface area contributed by atoms with E-state index < -0.39 is 0 Å². The first-order valence-electron chi connectivity index (χ1n) is 3.44. The van der Waals surface area contributed by atoms with Crippen molar-refractivity contribution < 1.29 is 19.1 Å². The molecule has 0 radical (unpaired) electrons. The quantitative estimate of drug-likeness (QED) is 0.257. The van der Waals surface area contributed by atoms with Crippen LogP contribution in [0, 0.1) is 5.92 Å². The third-order valence-corrected chi connectivity index (χ3v) is 1.35. The molecule has 1 atom stereocenters. The van der Waals surface area contributed by atoms with Gasteiger partial charge in [0.05, 0.1) is 5.92 Å². The molecule has 4 nitrogen and oxygen atoms in total. The van der Waals surface area contributed by atoms with Gasteiger partial charge in [-0.1, -0.05) is 13.8 Å². The predicted octanol–water partition coefficient (Wildman–Crippen LogP) is 0.706. The predicted molar refractivity (Wildman–Crippen MR) is 37.6 cm³/mol. The highest BCUT2D eigenvalue weighted by Gasteiger charge is 2.10. The minimum atomic E-state index is -0.339. The Hall–Kier alpha value is -1.06. The molecule has 64 valence electrons. The SMILES string of the molecule is CCC(C)C(=O)OCOC=O. The van der Waals surface area contributed by atoms with Gasteiger partial charge in [0, 0.05) is 0 Å². The zero-order chi connectivity index (χ0) is 8.69. The lowest BCUT2D eigenvalue weighted by Crippen LogP contribution is -2.15. The summed E-state index contributed by atoms with van der Waals surface area (Å²) in [6, 6.07) is 0. The first-order chi connectivity index (χ1) is 5.22. The first kappa shape index (κ1) is 9.94. The molecule has 11 heavy (non-hydrogen) atoms. The minimum Gasteiger partial charge on any atom is -0.430 e. The standard InChI is InChI=1S/C7H12O4/c1-3-6(2)7(9)11-5-10-4-8/h4,6H,3,5H2,1-2H3. The Bertz CT molecular complexity index is 132. The molecule has 0 aromatic rings. The summed E-state index contributed by atoms with van der Waals surface area (Å²) >= 11 is 0. The number of hydrogen-bond acceptors (Lipinski definition) is 4. The van der Waals surface area contributed by atoms with Gasteiger partial charge in [0.15, 0.2) is 0 Å². The summed E-state index contributed by atoms with van der Waals surface area (Å²) < 4.78 is 8.72. The van der Waals surface area contributed by atoms with E-state index in [9.17, 15) is 9.59 Å². The molecule has 0 aliphatic rings. The van der Waals surface area contributed by atoms with Crippen LogP contribution < -0.4 is 0 Å². The maximum atomic E-state index is 10.8. The van der Waals surface area contributed by atoms with Gasteiger partial charge in [-0.05, 0) is 6.42 Å². The third kappa shape index (κ3) is 4.36. The third-order valence-electron chi connectivity index (χ3n) is 1.35. The number of carbonyl (C=O) groups excluding carboxylic acids is 2. The lowest BCUT2D eigenvalue weighted by atomic mass is 10.1. The van der Waals surface area contributed by atoms with Gasteiger partial charge in [-0.25, -0.2) is 0 Å². The van der Waals surface area contributed by atoms with Crippen molar-refractivity contribution in [2.24, 2.45) is 5.92 Å². The largest absolute Gasteiger partial charge is 0.430 e. The Balaban J connectivity index is 3.43. The summed E-state index contributed by atoms with van der Waals surface area (Å²) in [6.45, 7) is 3.59. The van der Waals surface area contributed by atoms with Crippen LogP contribution in [0.5, 0.6) is 0 Å². The van der Waals surface area contributed by atoms with Crippen molar-refractivity contribution in [3.8, 4) is 0 Å². The number of hydrogen-bond donors (Lipinski definition) is 0. The number of carbonyl (C=O) groups is 2. The van der Waals surface area contributed by atoms with Crippen LogP contribution in [-0.2, 0) is 19.1 Å². The van der Waals surface area contributed by atoms with Gasteiger partial charge in [0.25, 0.3) is 6.47 Å². The van der Waals surface area contributed by atoms with Crippen LogP contribution in [0.2, 0.25) is 0 Å². The molecule has 0 bridgehead atoms. The Morgan fingerprint density at radius 1 is 1.64 bits per heavy atom. The molecular formula is C7H12O4. The highest BCUT2D eigenvalue weighted by molar-refractivity contribution is 5.71. The Kier molecular flexibility index (Phi) is 5.15. The Morgan fingerprint density at radius 2 is 2.27 bits per heavy atom. The van der Waals surface area contributed by atoms with Crippen LogP contribution in [0.25, 0.3) is 0 Å². The van der Waals surface area contributed by atoms with Crippen LogP contribution in [0.1, 0.15) is 20.3 Å². The van der Waals surface area contributed by atoms with E-state index in [1.54, 1.807) is 6.92 Å². The molecule has 0 N–H and O–H groups in total. The van der Waals surface area contributed by atoms with Crippen molar-refractivity contribution >= 4 is 12.4 Å². The molecule has 0 aliphatic carbocycles. The summed E-state index contributed by atoms with van der Waals surface area (Å²) in [6.07, 6.45) is 0.722. The fourth-order valence-corrected chi connectivity index (χ4v) is 0.429. The summed E-state index contributed by atoms with van der Waals surface area (Å²) in [5, 5.41) is 0. The van der Waals surface area contributed by atoms with E-state index in [1.807, 2.05) is 6.92 Å². The second-order valence-corrected chi connectivity index (χ2v) is 2.15. The fraction of sp³-hybridized carbons (Fsp3) is 0.714. The molecule has 0 aliphatic heterocycles. The average Bonchev–Trinajstić information content (AvgIpc) is 2.03. The van der Waals surface area contributed by atoms with Crippen LogP contribution >= 0.6 is 0 Å². The van der Waals surface area contributed by atoms with Crippen molar-refractivity contribution in [2.45, 2.75) is 20.3 Å². The fourth-order valence-electron chi connectivity index (χ4n) is 0.429. The topological polar surface area (TPSA) is 52.6 Å². The van der Waals surface area contributed by atoms with E-state index >= 15 is 0 Å². The maximum Gasteiger partial charge on any atom is 0.311 e. The van der Waals surface area contributed by atoms with Crippen LogP contribution in [-0.4, -0.2) is 19.2 Å². The van der Waals surface area contributed by atoms with E-state index in [1.165, 1.54) is 0 Å². The first-order valence-corrected chi connectivity index (χ1v) is 3.44. The van der Waals surface area contributed by atoms with Gasteiger partial charge in [0.1, 0.15) is 0 Å². The normalized spacial score (nSPS) is 11.8. The van der Waals surface area contributed by atoms with E-state index in [-0.39, 0.29) is 25.2 Å². The molecule has 0 rings (SSSR count). The molecule has 0 saturated heterocycles. The van der Waals surface area contributed by atoms with Crippen LogP contribution in [0.4, 0.5) is 0 Å². The molecule has 0 saturated carbocycles. The monoisotopic (exact) mass is 160 g/mol. The summed E-state index contributed by atoms with van der Waals surface area (Å²) in [7, 11) is 0. The van der Waals surface area contributed by atoms with Gasteiger partial charge >= 0.3 is 5.97 Å². The second-order valence-electron chi connectivity index (χ2n) is 2.15. The average molecular weight is 160 g/mol. The van der Waals surface area contributed by atoms with E-state index in [0.717, 1.165) is 6.42 Å². The van der Waals surface area contributed by atoms with Gasteiger partial charge in [0.2, 0.25) is 6.79 Å². The molecular weight excluding hydrogens is 148 g/mol. The van der Waals surface area contributed by atoms with Crippen molar-refractivity contribution in [3.63, 3.8) is 0 Å². The molecule has 4 heteroatoms. The molecule has 0 fully saturated rings. The number of ether oxygens (including phenoxy) is 2. The molecule has 0 heterocycles. The highest BCUT2D eigenvalue weighted by atomic mass is 16.7. The van der Waals surface area contributed by atoms with E-state index in [4.69, 9.17) is 0 Å². The minimum absolute atomic E-state index is 0.134. The van der Waals surface area contributed by atoms with Crippen molar-refractivity contribution in [1.29, 1.82) is 0 Å². The van der Waals surface area contributed by atoms with Gasteiger partial charge < -0.3 is 9.47 Å². The summed E-state index contributed by atoms with van der Waals surface area (Å²) in [5.41, 5.74) is 0. The zero-order valence-corrected chi connectivity index (χ0v) is 6.70. The lowest BCUT2D eigenvalue weighted by Gasteiger charge is -2.06. The molecule has 0 aromatic carbocycles. The summed E-state index contributed by atoms with van der Waals surface area (Å²) in [4.78, 5) is 20.4. The zero-order valence-electron chi connectivity index (χ0n) is 6.70. The van der Waals surface area contributed by atoms with Gasteiger partial charge in [-0.15, -0.1) is 0 Å². The maximum absolute atomic E-state index is 10.8. The molecule has 1 unspecified atom stereocenters. The van der Waals surface area contributed by atoms with E-state index in [2.05, 4.69) is 9.47 Å². The highest BCUT2D eigenvalue weighted by Crippen LogP contribution is 2.02. The number of rotatable bonds is 5. The summed E-state index contributed by atoms with van der Waals surface area (Å²) in [5.74, 6) is -0.473. The number of esters is 1. The van der Waals surface area contributed by atoms with Crippen molar-refractivity contribution in [2.75, 3.05) is 6.79 Å². The van der Waals surface area contributed by atoms with E-state index in [0.29, 0.717) is 0 Å². The Labute approximate surface area is 65.5 Å². The Morgan fingerprint density at radius 3 is 2.73 bits per heavy atom. The smallest absolute Gasteiger partial charge is 0.311 e. The van der Waals surface area contributed by atoms with Crippen LogP contribution in [0.3, 0.4) is 0 Å². The van der Waals surface area contributed by atoms with Crippen molar-refractivity contribution in [1.82, 2.24) is 0 Å². The second kappa shape index (κ2) is 5.70. The van der Waals surface area contributed by atoms with Gasteiger partial charge in [-0.2, -0.15) is 0 Å².